The van der Waals surface area contributed by atoms with Crippen LogP contribution in [0.5, 0.6) is 0 Å². The van der Waals surface area contributed by atoms with Gasteiger partial charge in [-0.25, -0.2) is 9.97 Å². The molecule has 3 aromatic heterocycles. The highest BCUT2D eigenvalue weighted by Gasteiger charge is 2.20. The van der Waals surface area contributed by atoms with Crippen LogP contribution < -0.4 is 0 Å². The number of aryl methyl sites for hydroxylation is 2. The van der Waals surface area contributed by atoms with E-state index in [0.717, 1.165) is 37.4 Å². The first-order chi connectivity index (χ1) is 11.2. The van der Waals surface area contributed by atoms with Crippen molar-refractivity contribution in [3.63, 3.8) is 0 Å². The van der Waals surface area contributed by atoms with E-state index in [4.69, 9.17) is 4.98 Å². The third kappa shape index (κ3) is 3.01. The minimum absolute atomic E-state index is 0.695. The third-order valence-electron chi connectivity index (χ3n) is 4.68. The highest BCUT2D eigenvalue weighted by Crippen LogP contribution is 2.20. The van der Waals surface area contributed by atoms with Gasteiger partial charge < -0.3 is 13.9 Å². The average molecular weight is 309 g/mol. The van der Waals surface area contributed by atoms with Crippen molar-refractivity contribution >= 4 is 5.65 Å². The fourth-order valence-electron chi connectivity index (χ4n) is 3.60. The molecule has 0 spiro atoms. The lowest BCUT2D eigenvalue weighted by Gasteiger charge is -2.27. The van der Waals surface area contributed by atoms with Crippen LogP contribution in [0, 0.1) is 12.8 Å². The van der Waals surface area contributed by atoms with Crippen molar-refractivity contribution in [3.8, 4) is 0 Å². The standard InChI is InChI=1S/C18H23N5/c1-14-3-5-18-20-16(13-23(18)9-14)12-21(2)10-15-4-6-17-19-7-8-22(17)11-15/h3,5,7-9,13,15H,4,6,10-12H2,1-2H3/t15-/m1/s1. The highest BCUT2D eigenvalue weighted by atomic mass is 15.1. The third-order valence-corrected chi connectivity index (χ3v) is 4.68. The summed E-state index contributed by atoms with van der Waals surface area (Å²) in [5.41, 5.74) is 3.42. The number of aromatic nitrogens is 4. The Hall–Kier alpha value is -2.14. The number of hydrogen-bond donors (Lipinski definition) is 0. The normalized spacial score (nSPS) is 17.8. The van der Waals surface area contributed by atoms with E-state index in [0.29, 0.717) is 5.92 Å². The Morgan fingerprint density at radius 2 is 2.22 bits per heavy atom. The first-order valence-electron chi connectivity index (χ1n) is 8.30. The van der Waals surface area contributed by atoms with Crippen molar-refractivity contribution in [1.29, 1.82) is 0 Å². The summed E-state index contributed by atoms with van der Waals surface area (Å²) in [4.78, 5) is 11.5. The lowest BCUT2D eigenvalue weighted by Crippen LogP contribution is -2.31. The van der Waals surface area contributed by atoms with Gasteiger partial charge in [0.05, 0.1) is 5.69 Å². The Morgan fingerprint density at radius 3 is 3.13 bits per heavy atom. The minimum Gasteiger partial charge on any atom is -0.335 e. The van der Waals surface area contributed by atoms with E-state index in [2.05, 4.69) is 63.5 Å². The Bertz CT molecular complexity index is 816. The second kappa shape index (κ2) is 5.81. The predicted octanol–water partition coefficient (Wildman–Crippen LogP) is 2.53. The van der Waals surface area contributed by atoms with Gasteiger partial charge >= 0.3 is 0 Å². The summed E-state index contributed by atoms with van der Waals surface area (Å²) in [6.07, 6.45) is 10.6. The number of fused-ring (bicyclic) bond motifs is 2. The van der Waals surface area contributed by atoms with Gasteiger partial charge in [0.1, 0.15) is 11.5 Å². The summed E-state index contributed by atoms with van der Waals surface area (Å²) in [6.45, 7) is 5.20. The number of rotatable bonds is 4. The maximum Gasteiger partial charge on any atom is 0.137 e. The zero-order valence-corrected chi connectivity index (χ0v) is 13.8. The number of pyridine rings is 1. The molecular formula is C18H23N5. The van der Waals surface area contributed by atoms with E-state index < -0.39 is 0 Å². The molecule has 5 nitrogen and oxygen atoms in total. The minimum atomic E-state index is 0.695. The topological polar surface area (TPSA) is 38.4 Å². The molecule has 0 amide bonds. The summed E-state index contributed by atoms with van der Waals surface area (Å²) in [5, 5.41) is 0. The smallest absolute Gasteiger partial charge is 0.137 e. The van der Waals surface area contributed by atoms with Crippen LogP contribution in [0.15, 0.2) is 36.9 Å². The summed E-state index contributed by atoms with van der Waals surface area (Å²) < 4.78 is 4.42. The van der Waals surface area contributed by atoms with Gasteiger partial charge in [-0.1, -0.05) is 6.07 Å². The molecule has 0 bridgehead atoms. The Balaban J connectivity index is 1.40. The van der Waals surface area contributed by atoms with E-state index in [9.17, 15) is 0 Å². The molecular weight excluding hydrogens is 286 g/mol. The largest absolute Gasteiger partial charge is 0.335 e. The number of nitrogens with zero attached hydrogens (tertiary/aromatic N) is 5. The lowest BCUT2D eigenvalue weighted by molar-refractivity contribution is 0.227. The fourth-order valence-corrected chi connectivity index (χ4v) is 3.60. The predicted molar refractivity (Wildman–Crippen MR) is 90.3 cm³/mol. The summed E-state index contributed by atoms with van der Waals surface area (Å²) >= 11 is 0. The quantitative estimate of drug-likeness (QED) is 0.743. The lowest BCUT2D eigenvalue weighted by atomic mass is 9.99. The van der Waals surface area contributed by atoms with Crippen LogP contribution in [0.4, 0.5) is 0 Å². The average Bonchev–Trinajstić information content (AvgIpc) is 3.11. The molecule has 0 saturated heterocycles. The van der Waals surface area contributed by atoms with E-state index in [-0.39, 0.29) is 0 Å². The molecule has 5 heteroatoms. The van der Waals surface area contributed by atoms with E-state index in [1.165, 1.54) is 17.8 Å². The molecule has 0 unspecified atom stereocenters. The molecule has 1 atom stereocenters. The van der Waals surface area contributed by atoms with E-state index in [1.807, 2.05) is 6.20 Å². The van der Waals surface area contributed by atoms with E-state index in [1.54, 1.807) is 0 Å². The van der Waals surface area contributed by atoms with Crippen LogP contribution in [-0.4, -0.2) is 37.4 Å². The van der Waals surface area contributed by atoms with Gasteiger partial charge in [0.15, 0.2) is 0 Å². The van der Waals surface area contributed by atoms with Gasteiger partial charge in [0, 0.05) is 50.8 Å². The molecule has 0 aromatic carbocycles. The molecule has 3 aromatic rings. The van der Waals surface area contributed by atoms with Crippen molar-refractivity contribution in [1.82, 2.24) is 23.8 Å². The monoisotopic (exact) mass is 309 g/mol. The SMILES string of the molecule is Cc1ccc2nc(CN(C)C[C@H]3CCc4nccn4C3)cn2c1. The van der Waals surface area contributed by atoms with Crippen LogP contribution in [-0.2, 0) is 19.5 Å². The zero-order chi connectivity index (χ0) is 15.8. The Labute approximate surface area is 136 Å². The Kier molecular flexibility index (Phi) is 3.65. The van der Waals surface area contributed by atoms with Crippen molar-refractivity contribution in [2.24, 2.45) is 5.92 Å². The second-order valence-electron chi connectivity index (χ2n) is 6.80. The molecule has 0 aliphatic carbocycles. The second-order valence-corrected chi connectivity index (χ2v) is 6.80. The number of imidazole rings is 2. The molecule has 23 heavy (non-hydrogen) atoms. The maximum atomic E-state index is 4.72. The van der Waals surface area contributed by atoms with Crippen molar-refractivity contribution < 1.29 is 0 Å². The maximum absolute atomic E-state index is 4.72. The van der Waals surface area contributed by atoms with Crippen LogP contribution in [0.1, 0.15) is 23.5 Å². The number of hydrogen-bond acceptors (Lipinski definition) is 3. The zero-order valence-electron chi connectivity index (χ0n) is 13.8. The highest BCUT2D eigenvalue weighted by molar-refractivity contribution is 5.41. The molecule has 0 radical (unpaired) electrons. The summed E-state index contributed by atoms with van der Waals surface area (Å²) in [6, 6.07) is 4.20. The van der Waals surface area contributed by atoms with Crippen molar-refractivity contribution in [2.45, 2.75) is 32.9 Å². The molecule has 0 fully saturated rings. The first kappa shape index (κ1) is 14.5. The molecule has 4 rings (SSSR count). The van der Waals surface area contributed by atoms with Crippen molar-refractivity contribution in [2.75, 3.05) is 13.6 Å². The molecule has 1 aliphatic rings. The summed E-state index contributed by atoms with van der Waals surface area (Å²) in [7, 11) is 2.19. The Morgan fingerprint density at radius 1 is 1.30 bits per heavy atom. The van der Waals surface area contributed by atoms with Crippen molar-refractivity contribution in [3.05, 3.63) is 54.0 Å². The van der Waals surface area contributed by atoms with Gasteiger partial charge in [0.2, 0.25) is 0 Å². The van der Waals surface area contributed by atoms with Gasteiger partial charge in [-0.3, -0.25) is 0 Å². The van der Waals surface area contributed by atoms with Gasteiger partial charge in [0.25, 0.3) is 0 Å². The van der Waals surface area contributed by atoms with Gasteiger partial charge in [-0.2, -0.15) is 0 Å². The van der Waals surface area contributed by atoms with Crippen LogP contribution in [0.3, 0.4) is 0 Å². The molecule has 120 valence electrons. The fraction of sp³-hybridized carbons (Fsp3) is 0.444. The van der Waals surface area contributed by atoms with E-state index >= 15 is 0 Å². The van der Waals surface area contributed by atoms with Crippen LogP contribution in [0.25, 0.3) is 5.65 Å². The molecule has 0 saturated carbocycles. The summed E-state index contributed by atoms with van der Waals surface area (Å²) in [5.74, 6) is 1.93. The van der Waals surface area contributed by atoms with Gasteiger partial charge in [-0.05, 0) is 37.9 Å². The molecule has 4 heterocycles. The molecule has 1 aliphatic heterocycles. The van der Waals surface area contributed by atoms with Crippen LogP contribution >= 0.6 is 0 Å². The molecule has 0 N–H and O–H groups in total. The van der Waals surface area contributed by atoms with Crippen LogP contribution in [0.2, 0.25) is 0 Å². The van der Waals surface area contributed by atoms with Gasteiger partial charge in [-0.15, -0.1) is 0 Å². The first-order valence-corrected chi connectivity index (χ1v) is 8.30.